The van der Waals surface area contributed by atoms with Crippen LogP contribution in [-0.2, 0) is 6.42 Å². The second-order valence-electron chi connectivity index (χ2n) is 4.89. The van der Waals surface area contributed by atoms with Crippen LogP contribution >= 0.6 is 11.3 Å². The Hall–Kier alpha value is -1.94. The van der Waals surface area contributed by atoms with Crippen molar-refractivity contribution >= 4 is 27.4 Å². The molecule has 0 aliphatic heterocycles. The van der Waals surface area contributed by atoms with Crippen LogP contribution in [0.15, 0.2) is 36.7 Å². The zero-order valence-corrected chi connectivity index (χ0v) is 12.7. The largest absolute Gasteiger partial charge is 0.362 e. The van der Waals surface area contributed by atoms with Crippen molar-refractivity contribution < 1.29 is 0 Å². The Balaban J connectivity index is 2.39. The number of benzene rings is 1. The van der Waals surface area contributed by atoms with Gasteiger partial charge in [-0.15, -0.1) is 11.3 Å². The van der Waals surface area contributed by atoms with Crippen LogP contribution in [-0.4, -0.2) is 24.1 Å². The number of aromatic nitrogens is 2. The zero-order chi connectivity index (χ0) is 14.1. The number of nitrogens with zero attached hydrogens (tertiary/aromatic N) is 3. The van der Waals surface area contributed by atoms with E-state index < -0.39 is 0 Å². The van der Waals surface area contributed by atoms with Crippen LogP contribution in [0.5, 0.6) is 0 Å². The summed E-state index contributed by atoms with van der Waals surface area (Å²) < 4.78 is 0. The van der Waals surface area contributed by atoms with E-state index >= 15 is 0 Å². The molecular formula is C16H17N3S. The van der Waals surface area contributed by atoms with Crippen molar-refractivity contribution in [2.24, 2.45) is 0 Å². The second-order valence-corrected chi connectivity index (χ2v) is 5.98. The molecular weight excluding hydrogens is 266 g/mol. The van der Waals surface area contributed by atoms with Gasteiger partial charge in [0.05, 0.1) is 5.39 Å². The highest BCUT2D eigenvalue weighted by molar-refractivity contribution is 7.19. The van der Waals surface area contributed by atoms with E-state index in [0.29, 0.717) is 0 Å². The van der Waals surface area contributed by atoms with E-state index in [2.05, 4.69) is 46.1 Å². The molecule has 4 heteroatoms. The summed E-state index contributed by atoms with van der Waals surface area (Å²) in [5.74, 6) is 0.991. The van der Waals surface area contributed by atoms with Crippen molar-refractivity contribution in [2.75, 3.05) is 19.0 Å². The molecule has 0 spiro atoms. The molecule has 20 heavy (non-hydrogen) atoms. The fraction of sp³-hybridized carbons (Fsp3) is 0.250. The van der Waals surface area contributed by atoms with Crippen LogP contribution in [0.25, 0.3) is 21.3 Å². The highest BCUT2D eigenvalue weighted by atomic mass is 32.1. The van der Waals surface area contributed by atoms with Gasteiger partial charge >= 0.3 is 0 Å². The highest BCUT2D eigenvalue weighted by Gasteiger charge is 2.18. The molecule has 102 valence electrons. The number of hydrogen-bond acceptors (Lipinski definition) is 4. The minimum Gasteiger partial charge on any atom is -0.362 e. The third kappa shape index (κ3) is 2.06. The van der Waals surface area contributed by atoms with Gasteiger partial charge in [-0.05, 0) is 12.0 Å². The molecule has 2 aromatic heterocycles. The number of hydrogen-bond donors (Lipinski definition) is 0. The highest BCUT2D eigenvalue weighted by Crippen LogP contribution is 2.41. The molecule has 3 rings (SSSR count). The van der Waals surface area contributed by atoms with E-state index in [-0.39, 0.29) is 0 Å². The average Bonchev–Trinajstić information content (AvgIpc) is 2.86. The van der Waals surface area contributed by atoms with Gasteiger partial charge in [-0.25, -0.2) is 9.97 Å². The van der Waals surface area contributed by atoms with Gasteiger partial charge in [0, 0.05) is 24.5 Å². The lowest BCUT2D eigenvalue weighted by atomic mass is 10.0. The summed E-state index contributed by atoms with van der Waals surface area (Å²) >= 11 is 1.77. The van der Waals surface area contributed by atoms with Crippen molar-refractivity contribution in [2.45, 2.75) is 13.3 Å². The van der Waals surface area contributed by atoms with Gasteiger partial charge in [0.25, 0.3) is 0 Å². The molecule has 0 bridgehead atoms. The van der Waals surface area contributed by atoms with E-state index in [1.54, 1.807) is 17.7 Å². The first-order valence-corrected chi connectivity index (χ1v) is 7.53. The first-order valence-electron chi connectivity index (χ1n) is 6.71. The number of thiophene rings is 1. The van der Waals surface area contributed by atoms with Gasteiger partial charge < -0.3 is 4.90 Å². The molecule has 0 saturated carbocycles. The van der Waals surface area contributed by atoms with Gasteiger partial charge in [-0.3, -0.25) is 0 Å². The molecule has 3 aromatic rings. The number of anilines is 1. The minimum absolute atomic E-state index is 0.991. The molecule has 3 nitrogen and oxygen atoms in total. The molecule has 0 N–H and O–H groups in total. The van der Waals surface area contributed by atoms with E-state index in [9.17, 15) is 0 Å². The molecule has 2 heterocycles. The monoisotopic (exact) mass is 283 g/mol. The van der Waals surface area contributed by atoms with Gasteiger partial charge in [0.2, 0.25) is 0 Å². The maximum Gasteiger partial charge on any atom is 0.140 e. The van der Waals surface area contributed by atoms with Crippen molar-refractivity contribution in [1.82, 2.24) is 9.97 Å². The molecule has 0 amide bonds. The predicted molar refractivity (Wildman–Crippen MR) is 86.6 cm³/mol. The normalized spacial score (nSPS) is 10.9. The molecule has 1 aromatic carbocycles. The maximum atomic E-state index is 4.46. The van der Waals surface area contributed by atoms with E-state index in [0.717, 1.165) is 17.1 Å². The van der Waals surface area contributed by atoms with Crippen LogP contribution in [0.2, 0.25) is 0 Å². The lowest BCUT2D eigenvalue weighted by Crippen LogP contribution is -2.11. The number of rotatable bonds is 3. The smallest absolute Gasteiger partial charge is 0.140 e. The average molecular weight is 283 g/mol. The maximum absolute atomic E-state index is 4.46. The summed E-state index contributed by atoms with van der Waals surface area (Å²) in [4.78, 5) is 13.4. The third-order valence-corrected chi connectivity index (χ3v) is 4.59. The summed E-state index contributed by atoms with van der Waals surface area (Å²) in [6, 6.07) is 10.5. The lowest BCUT2D eigenvalue weighted by Gasteiger charge is -2.13. The molecule has 0 aliphatic rings. The lowest BCUT2D eigenvalue weighted by molar-refractivity contribution is 1.06. The molecule has 0 fully saturated rings. The Morgan fingerprint density at radius 2 is 1.85 bits per heavy atom. The van der Waals surface area contributed by atoms with Crippen LogP contribution in [0.4, 0.5) is 5.82 Å². The standard InChI is InChI=1S/C16H17N3S/c1-4-12-13(11-8-6-5-7-9-11)14-15(19(2)3)17-10-18-16(14)20-12/h5-10H,4H2,1-3H3. The van der Waals surface area contributed by atoms with Crippen molar-refractivity contribution in [1.29, 1.82) is 0 Å². The van der Waals surface area contributed by atoms with Crippen LogP contribution in [0, 0.1) is 0 Å². The first kappa shape index (κ1) is 13.1. The zero-order valence-electron chi connectivity index (χ0n) is 11.9. The Kier molecular flexibility index (Phi) is 3.40. The van der Waals surface area contributed by atoms with Crippen LogP contribution in [0.3, 0.4) is 0 Å². The summed E-state index contributed by atoms with van der Waals surface area (Å²) in [7, 11) is 4.06. The number of aryl methyl sites for hydroxylation is 1. The van der Waals surface area contributed by atoms with Crippen LogP contribution < -0.4 is 4.90 Å². The van der Waals surface area contributed by atoms with Crippen molar-refractivity contribution in [3.63, 3.8) is 0 Å². The Morgan fingerprint density at radius 1 is 1.10 bits per heavy atom. The fourth-order valence-corrected chi connectivity index (χ4v) is 3.56. The summed E-state index contributed by atoms with van der Waals surface area (Å²) in [6.07, 6.45) is 2.67. The van der Waals surface area contributed by atoms with Gasteiger partial charge in [-0.2, -0.15) is 0 Å². The Morgan fingerprint density at radius 3 is 2.50 bits per heavy atom. The minimum atomic E-state index is 0.991. The van der Waals surface area contributed by atoms with E-state index in [4.69, 9.17) is 0 Å². The van der Waals surface area contributed by atoms with Crippen LogP contribution in [0.1, 0.15) is 11.8 Å². The van der Waals surface area contributed by atoms with Gasteiger partial charge in [0.1, 0.15) is 17.0 Å². The van der Waals surface area contributed by atoms with Crippen molar-refractivity contribution in [3.05, 3.63) is 41.5 Å². The number of fused-ring (bicyclic) bond motifs is 1. The fourth-order valence-electron chi connectivity index (χ4n) is 2.46. The topological polar surface area (TPSA) is 29.0 Å². The second kappa shape index (κ2) is 5.21. The van der Waals surface area contributed by atoms with E-state index in [1.807, 2.05) is 20.2 Å². The molecule has 0 saturated heterocycles. The molecule has 0 unspecified atom stereocenters. The Labute approximate surface area is 122 Å². The SMILES string of the molecule is CCc1sc2ncnc(N(C)C)c2c1-c1ccccc1. The van der Waals surface area contributed by atoms with Gasteiger partial charge in [-0.1, -0.05) is 37.3 Å². The third-order valence-electron chi connectivity index (χ3n) is 3.35. The molecule has 0 aliphatic carbocycles. The molecule has 0 radical (unpaired) electrons. The molecule has 0 atom stereocenters. The quantitative estimate of drug-likeness (QED) is 0.728. The van der Waals surface area contributed by atoms with Crippen molar-refractivity contribution in [3.8, 4) is 11.1 Å². The summed E-state index contributed by atoms with van der Waals surface area (Å²) in [5.41, 5.74) is 2.53. The first-order chi connectivity index (χ1) is 9.72. The summed E-state index contributed by atoms with van der Waals surface area (Å²) in [6.45, 7) is 2.19. The summed E-state index contributed by atoms with van der Waals surface area (Å²) in [5, 5.41) is 1.17. The Bertz CT molecular complexity index is 732. The predicted octanol–water partition coefficient (Wildman–Crippen LogP) is 3.99. The van der Waals surface area contributed by atoms with E-state index in [1.165, 1.54) is 21.4 Å². The van der Waals surface area contributed by atoms with Gasteiger partial charge in [0.15, 0.2) is 0 Å².